The van der Waals surface area contributed by atoms with Crippen LogP contribution in [0.15, 0.2) is 42.6 Å². The van der Waals surface area contributed by atoms with Gasteiger partial charge in [-0.2, -0.15) is 0 Å². The molecule has 0 aliphatic carbocycles. The third-order valence-corrected chi connectivity index (χ3v) is 3.56. The van der Waals surface area contributed by atoms with E-state index in [4.69, 9.17) is 4.74 Å². The van der Waals surface area contributed by atoms with E-state index in [0.717, 1.165) is 0 Å². The van der Waals surface area contributed by atoms with E-state index in [0.29, 0.717) is 34.8 Å². The van der Waals surface area contributed by atoms with Crippen LogP contribution in [-0.2, 0) is 6.42 Å². The number of ether oxygens (including phenoxy) is 1. The molecule has 2 heterocycles. The molecule has 0 radical (unpaired) electrons. The molecule has 0 saturated heterocycles. The molecular weight excluding hydrogens is 283 g/mol. The van der Waals surface area contributed by atoms with Crippen molar-refractivity contribution in [3.8, 4) is 5.75 Å². The third-order valence-electron chi connectivity index (χ3n) is 3.56. The Bertz CT molecular complexity index is 838. The predicted molar refractivity (Wildman–Crippen MR) is 81.0 cm³/mol. The van der Waals surface area contributed by atoms with Gasteiger partial charge in [-0.15, -0.1) is 0 Å². The van der Waals surface area contributed by atoms with Gasteiger partial charge in [0.05, 0.1) is 12.8 Å². The van der Waals surface area contributed by atoms with Crippen LogP contribution in [0.2, 0.25) is 0 Å². The molecule has 112 valence electrons. The van der Waals surface area contributed by atoms with Gasteiger partial charge in [0.25, 0.3) is 0 Å². The second kappa shape index (κ2) is 5.60. The zero-order chi connectivity index (χ0) is 15.7. The van der Waals surface area contributed by atoms with Crippen LogP contribution >= 0.6 is 0 Å². The van der Waals surface area contributed by atoms with Crippen molar-refractivity contribution < 1.29 is 13.9 Å². The van der Waals surface area contributed by atoms with E-state index in [9.17, 15) is 9.18 Å². The summed E-state index contributed by atoms with van der Waals surface area (Å²) >= 11 is 0. The smallest absolute Gasteiger partial charge is 0.211 e. The molecule has 3 aromatic rings. The van der Waals surface area contributed by atoms with Crippen LogP contribution in [0.3, 0.4) is 0 Å². The largest absolute Gasteiger partial charge is 0.497 e. The van der Waals surface area contributed by atoms with Gasteiger partial charge in [-0.3, -0.25) is 9.20 Å². The zero-order valence-corrected chi connectivity index (χ0v) is 12.3. The summed E-state index contributed by atoms with van der Waals surface area (Å²) in [6.45, 7) is 1.92. The molecule has 3 rings (SSSR count). The third kappa shape index (κ3) is 2.35. The number of aryl methyl sites for hydroxylation is 1. The minimum absolute atomic E-state index is 0.183. The van der Waals surface area contributed by atoms with Gasteiger partial charge in [0.2, 0.25) is 5.78 Å². The number of carbonyl (C=O) groups excluding carboxylic acids is 1. The molecule has 22 heavy (non-hydrogen) atoms. The normalized spacial score (nSPS) is 10.9. The summed E-state index contributed by atoms with van der Waals surface area (Å²) in [6.07, 6.45) is 1.89. The van der Waals surface area contributed by atoms with Crippen molar-refractivity contribution in [2.24, 2.45) is 0 Å². The average Bonchev–Trinajstić information content (AvgIpc) is 2.92. The highest BCUT2D eigenvalue weighted by molar-refractivity contribution is 6.09. The topological polar surface area (TPSA) is 43.6 Å². The van der Waals surface area contributed by atoms with Crippen molar-refractivity contribution in [2.45, 2.75) is 13.3 Å². The minimum Gasteiger partial charge on any atom is -0.497 e. The van der Waals surface area contributed by atoms with E-state index in [2.05, 4.69) is 4.98 Å². The Balaban J connectivity index is 2.14. The number of imidazole rings is 1. The minimum atomic E-state index is -0.406. The average molecular weight is 298 g/mol. The Hall–Kier alpha value is -2.69. The molecule has 0 saturated carbocycles. The molecule has 0 aliphatic rings. The maximum atomic E-state index is 13.5. The lowest BCUT2D eigenvalue weighted by atomic mass is 10.1. The SMILES string of the molecule is CCc1nc2ccc(F)cn2c1C(=O)c1ccc(OC)cc1. The lowest BCUT2D eigenvalue weighted by Crippen LogP contribution is -2.08. The molecule has 4 nitrogen and oxygen atoms in total. The number of rotatable bonds is 4. The second-order valence-corrected chi connectivity index (χ2v) is 4.89. The fraction of sp³-hybridized carbons (Fsp3) is 0.176. The molecule has 0 N–H and O–H groups in total. The molecule has 2 aromatic heterocycles. The molecule has 0 amide bonds. The number of aromatic nitrogens is 2. The fourth-order valence-electron chi connectivity index (χ4n) is 2.43. The number of fused-ring (bicyclic) bond motifs is 1. The number of ketones is 1. The lowest BCUT2D eigenvalue weighted by Gasteiger charge is -2.05. The first-order valence-electron chi connectivity index (χ1n) is 6.99. The van der Waals surface area contributed by atoms with Crippen LogP contribution in [0.25, 0.3) is 5.65 Å². The Morgan fingerprint density at radius 1 is 1.23 bits per heavy atom. The summed E-state index contributed by atoms with van der Waals surface area (Å²) in [7, 11) is 1.57. The molecule has 1 aromatic carbocycles. The van der Waals surface area contributed by atoms with Gasteiger partial charge >= 0.3 is 0 Å². The Kier molecular flexibility index (Phi) is 3.63. The number of hydrogen-bond donors (Lipinski definition) is 0. The van der Waals surface area contributed by atoms with E-state index in [1.807, 2.05) is 6.92 Å². The van der Waals surface area contributed by atoms with Crippen LogP contribution < -0.4 is 4.74 Å². The summed E-state index contributed by atoms with van der Waals surface area (Å²) in [5.74, 6) is 0.0883. The molecule has 0 atom stereocenters. The summed E-state index contributed by atoms with van der Waals surface area (Å²) in [5.41, 5.74) is 2.14. The number of carbonyl (C=O) groups is 1. The van der Waals surface area contributed by atoms with Crippen LogP contribution in [0.4, 0.5) is 4.39 Å². The predicted octanol–water partition coefficient (Wildman–Crippen LogP) is 3.28. The van der Waals surface area contributed by atoms with E-state index in [1.54, 1.807) is 37.4 Å². The summed E-state index contributed by atoms with van der Waals surface area (Å²) in [6, 6.07) is 9.74. The Labute approximate surface area is 127 Å². The first-order chi connectivity index (χ1) is 10.6. The fourth-order valence-corrected chi connectivity index (χ4v) is 2.43. The van der Waals surface area contributed by atoms with E-state index in [1.165, 1.54) is 16.7 Å². The van der Waals surface area contributed by atoms with Crippen LogP contribution in [0, 0.1) is 5.82 Å². The summed E-state index contributed by atoms with van der Waals surface area (Å²) < 4.78 is 20.1. The highest BCUT2D eigenvalue weighted by Gasteiger charge is 2.20. The monoisotopic (exact) mass is 298 g/mol. The van der Waals surface area contributed by atoms with Gasteiger partial charge < -0.3 is 4.74 Å². The molecule has 5 heteroatoms. The lowest BCUT2D eigenvalue weighted by molar-refractivity contribution is 0.103. The quantitative estimate of drug-likeness (QED) is 0.694. The van der Waals surface area contributed by atoms with E-state index in [-0.39, 0.29) is 5.78 Å². The van der Waals surface area contributed by atoms with E-state index >= 15 is 0 Å². The van der Waals surface area contributed by atoms with Gasteiger partial charge in [-0.25, -0.2) is 9.37 Å². The van der Waals surface area contributed by atoms with Gasteiger partial charge in [-0.05, 0) is 42.8 Å². The van der Waals surface area contributed by atoms with Crippen molar-refractivity contribution in [1.82, 2.24) is 9.38 Å². The summed E-state index contributed by atoms with van der Waals surface area (Å²) in [4.78, 5) is 17.2. The van der Waals surface area contributed by atoms with Gasteiger partial charge in [0.1, 0.15) is 22.9 Å². The number of nitrogens with zero attached hydrogens (tertiary/aromatic N) is 2. The van der Waals surface area contributed by atoms with E-state index < -0.39 is 5.82 Å². The number of benzene rings is 1. The van der Waals surface area contributed by atoms with Crippen LogP contribution in [0.5, 0.6) is 5.75 Å². The number of methoxy groups -OCH3 is 1. The molecular formula is C17H15FN2O2. The zero-order valence-electron chi connectivity index (χ0n) is 12.3. The highest BCUT2D eigenvalue weighted by Crippen LogP contribution is 2.20. The van der Waals surface area contributed by atoms with Gasteiger partial charge in [0, 0.05) is 11.8 Å². The van der Waals surface area contributed by atoms with Crippen LogP contribution in [0.1, 0.15) is 28.7 Å². The number of pyridine rings is 1. The Morgan fingerprint density at radius 2 is 1.95 bits per heavy atom. The first kappa shape index (κ1) is 14.3. The molecule has 0 bridgehead atoms. The van der Waals surface area contributed by atoms with Crippen molar-refractivity contribution in [3.05, 3.63) is 65.4 Å². The van der Waals surface area contributed by atoms with Crippen molar-refractivity contribution >= 4 is 11.4 Å². The van der Waals surface area contributed by atoms with Crippen molar-refractivity contribution in [3.63, 3.8) is 0 Å². The van der Waals surface area contributed by atoms with Gasteiger partial charge in [0.15, 0.2) is 0 Å². The highest BCUT2D eigenvalue weighted by atomic mass is 19.1. The maximum Gasteiger partial charge on any atom is 0.211 e. The molecule has 0 fully saturated rings. The molecule has 0 spiro atoms. The van der Waals surface area contributed by atoms with Crippen molar-refractivity contribution in [1.29, 1.82) is 0 Å². The summed E-state index contributed by atoms with van der Waals surface area (Å²) in [5, 5.41) is 0. The molecule has 0 unspecified atom stereocenters. The standard InChI is InChI=1S/C17H15FN2O2/c1-3-14-16(20-10-12(18)6-9-15(20)19-14)17(21)11-4-7-13(22-2)8-5-11/h4-10H,3H2,1-2H3. The maximum absolute atomic E-state index is 13.5. The first-order valence-corrected chi connectivity index (χ1v) is 6.99. The number of hydrogen-bond acceptors (Lipinski definition) is 3. The molecule has 0 aliphatic heterocycles. The Morgan fingerprint density at radius 3 is 2.59 bits per heavy atom. The van der Waals surface area contributed by atoms with Crippen molar-refractivity contribution in [2.75, 3.05) is 7.11 Å². The second-order valence-electron chi connectivity index (χ2n) is 4.89. The van der Waals surface area contributed by atoms with Crippen LogP contribution in [-0.4, -0.2) is 22.3 Å². The van der Waals surface area contributed by atoms with Gasteiger partial charge in [-0.1, -0.05) is 6.92 Å². The number of halogens is 1.